The number of H-pyrrole nitrogens is 1. The van der Waals surface area contributed by atoms with Gasteiger partial charge in [-0.15, -0.1) is 0 Å². The van der Waals surface area contributed by atoms with E-state index in [1.54, 1.807) is 0 Å². The van der Waals surface area contributed by atoms with Crippen LogP contribution in [0.4, 0.5) is 0 Å². The van der Waals surface area contributed by atoms with Gasteiger partial charge in [-0.2, -0.15) is 0 Å². The van der Waals surface area contributed by atoms with Crippen molar-refractivity contribution < 1.29 is 8.42 Å². The summed E-state index contributed by atoms with van der Waals surface area (Å²) in [6.45, 7) is 2.44. The van der Waals surface area contributed by atoms with E-state index >= 15 is 0 Å². The van der Waals surface area contributed by atoms with Crippen molar-refractivity contribution in [1.29, 1.82) is 0 Å². The van der Waals surface area contributed by atoms with Crippen molar-refractivity contribution >= 4 is 20.9 Å². The van der Waals surface area contributed by atoms with Crippen LogP contribution in [0.15, 0.2) is 30.5 Å². The van der Waals surface area contributed by atoms with Crippen LogP contribution in [0.2, 0.25) is 0 Å². The van der Waals surface area contributed by atoms with Gasteiger partial charge in [0.2, 0.25) is 10.0 Å². The molecule has 5 heteroatoms. The van der Waals surface area contributed by atoms with E-state index in [9.17, 15) is 8.42 Å². The van der Waals surface area contributed by atoms with Crippen molar-refractivity contribution in [3.8, 4) is 0 Å². The molecule has 104 valence electrons. The number of benzene rings is 1. The number of aromatic amines is 1. The fourth-order valence-electron chi connectivity index (χ4n) is 2.09. The summed E-state index contributed by atoms with van der Waals surface area (Å²) < 4.78 is 26.0. The fourth-order valence-corrected chi connectivity index (χ4v) is 3.31. The van der Waals surface area contributed by atoms with Crippen molar-refractivity contribution in [3.05, 3.63) is 36.0 Å². The molecule has 0 saturated carbocycles. The highest BCUT2D eigenvalue weighted by Gasteiger charge is 2.09. The van der Waals surface area contributed by atoms with E-state index < -0.39 is 10.0 Å². The molecule has 0 amide bonds. The standard InChI is InChI=1S/C14H20N2O2S/c1-2-3-10-19(17,18)16-9-8-12-11-15-14-7-5-4-6-13(12)14/h4-7,11,15-16H,2-3,8-10H2,1H3. The topological polar surface area (TPSA) is 62.0 Å². The fraction of sp³-hybridized carbons (Fsp3) is 0.429. The van der Waals surface area contributed by atoms with Gasteiger partial charge in [-0.05, 0) is 24.5 Å². The predicted octanol–water partition coefficient (Wildman–Crippen LogP) is 2.43. The molecule has 4 nitrogen and oxygen atoms in total. The highest BCUT2D eigenvalue weighted by atomic mass is 32.2. The van der Waals surface area contributed by atoms with Crippen LogP contribution >= 0.6 is 0 Å². The molecule has 0 atom stereocenters. The lowest BCUT2D eigenvalue weighted by Gasteiger charge is -2.05. The minimum Gasteiger partial charge on any atom is -0.361 e. The average Bonchev–Trinajstić information content (AvgIpc) is 2.80. The van der Waals surface area contributed by atoms with E-state index in [1.165, 1.54) is 0 Å². The molecular weight excluding hydrogens is 260 g/mol. The number of nitrogens with one attached hydrogen (secondary N) is 2. The quantitative estimate of drug-likeness (QED) is 0.818. The molecule has 0 fully saturated rings. The van der Waals surface area contributed by atoms with Crippen molar-refractivity contribution in [2.45, 2.75) is 26.2 Å². The minimum atomic E-state index is -3.11. The number of rotatable bonds is 7. The molecule has 0 saturated heterocycles. The summed E-state index contributed by atoms with van der Waals surface area (Å²) in [7, 11) is -3.11. The second-order valence-corrected chi connectivity index (χ2v) is 6.60. The molecule has 0 unspecified atom stereocenters. The summed E-state index contributed by atoms with van der Waals surface area (Å²) in [4.78, 5) is 3.19. The molecule has 1 aromatic carbocycles. The molecular formula is C14H20N2O2S. The Kier molecular flexibility index (Phi) is 4.61. The number of fused-ring (bicyclic) bond motifs is 1. The lowest BCUT2D eigenvalue weighted by atomic mass is 10.1. The zero-order chi connectivity index (χ0) is 13.7. The Morgan fingerprint density at radius 3 is 2.84 bits per heavy atom. The van der Waals surface area contributed by atoms with Gasteiger partial charge in [0.15, 0.2) is 0 Å². The zero-order valence-electron chi connectivity index (χ0n) is 11.1. The van der Waals surface area contributed by atoms with E-state index in [-0.39, 0.29) is 5.75 Å². The van der Waals surface area contributed by atoms with Gasteiger partial charge in [0.05, 0.1) is 5.75 Å². The maximum atomic E-state index is 11.7. The first-order chi connectivity index (χ1) is 9.12. The molecule has 1 aromatic heterocycles. The van der Waals surface area contributed by atoms with Crippen molar-refractivity contribution in [2.75, 3.05) is 12.3 Å². The lowest BCUT2D eigenvalue weighted by Crippen LogP contribution is -2.28. The Morgan fingerprint density at radius 2 is 2.05 bits per heavy atom. The Balaban J connectivity index is 1.93. The summed E-state index contributed by atoms with van der Waals surface area (Å²) in [6.07, 6.45) is 4.26. The predicted molar refractivity (Wildman–Crippen MR) is 78.7 cm³/mol. The van der Waals surface area contributed by atoms with E-state index in [0.29, 0.717) is 19.4 Å². The van der Waals surface area contributed by atoms with Crippen LogP contribution in [-0.4, -0.2) is 25.7 Å². The molecule has 2 aromatic rings. The lowest BCUT2D eigenvalue weighted by molar-refractivity contribution is 0.578. The summed E-state index contributed by atoms with van der Waals surface area (Å²) in [5.41, 5.74) is 2.24. The molecule has 0 spiro atoms. The molecule has 19 heavy (non-hydrogen) atoms. The normalized spacial score (nSPS) is 12.1. The van der Waals surface area contributed by atoms with Crippen LogP contribution in [0.3, 0.4) is 0 Å². The molecule has 0 aliphatic heterocycles. The van der Waals surface area contributed by atoms with Crippen LogP contribution in [0.5, 0.6) is 0 Å². The minimum absolute atomic E-state index is 0.220. The van der Waals surface area contributed by atoms with Gasteiger partial charge in [0.25, 0.3) is 0 Å². The first kappa shape index (κ1) is 14.1. The van der Waals surface area contributed by atoms with Gasteiger partial charge in [-0.1, -0.05) is 31.5 Å². The Morgan fingerprint density at radius 1 is 1.26 bits per heavy atom. The second kappa shape index (κ2) is 6.21. The third-order valence-electron chi connectivity index (χ3n) is 3.16. The van der Waals surface area contributed by atoms with Gasteiger partial charge < -0.3 is 4.98 Å². The van der Waals surface area contributed by atoms with E-state index in [0.717, 1.165) is 22.9 Å². The summed E-state index contributed by atoms with van der Waals surface area (Å²) in [6, 6.07) is 8.04. The van der Waals surface area contributed by atoms with Crippen LogP contribution in [-0.2, 0) is 16.4 Å². The molecule has 0 bridgehead atoms. The zero-order valence-corrected chi connectivity index (χ0v) is 12.0. The number of hydrogen-bond acceptors (Lipinski definition) is 2. The van der Waals surface area contributed by atoms with Crippen LogP contribution < -0.4 is 4.72 Å². The molecule has 2 N–H and O–H groups in total. The van der Waals surface area contributed by atoms with E-state index in [1.807, 2.05) is 37.4 Å². The van der Waals surface area contributed by atoms with E-state index in [4.69, 9.17) is 0 Å². The van der Waals surface area contributed by atoms with Crippen LogP contribution in [0, 0.1) is 0 Å². The molecule has 1 heterocycles. The monoisotopic (exact) mass is 280 g/mol. The SMILES string of the molecule is CCCCS(=O)(=O)NCCc1c[nH]c2ccccc12. The van der Waals surface area contributed by atoms with E-state index in [2.05, 4.69) is 9.71 Å². The Hall–Kier alpha value is -1.33. The highest BCUT2D eigenvalue weighted by molar-refractivity contribution is 7.89. The number of unbranched alkanes of at least 4 members (excludes halogenated alkanes) is 1. The molecule has 0 radical (unpaired) electrons. The van der Waals surface area contributed by atoms with Crippen molar-refractivity contribution in [3.63, 3.8) is 0 Å². The number of hydrogen-bond donors (Lipinski definition) is 2. The summed E-state index contributed by atoms with van der Waals surface area (Å²) in [5.74, 6) is 0.220. The number of aromatic nitrogens is 1. The highest BCUT2D eigenvalue weighted by Crippen LogP contribution is 2.17. The molecule has 0 aliphatic rings. The summed E-state index contributed by atoms with van der Waals surface area (Å²) in [5, 5.41) is 1.16. The van der Waals surface area contributed by atoms with Crippen molar-refractivity contribution in [2.24, 2.45) is 0 Å². The van der Waals surface area contributed by atoms with Gasteiger partial charge >= 0.3 is 0 Å². The van der Waals surface area contributed by atoms with Crippen molar-refractivity contribution in [1.82, 2.24) is 9.71 Å². The van der Waals surface area contributed by atoms with Crippen LogP contribution in [0.1, 0.15) is 25.3 Å². The van der Waals surface area contributed by atoms with Gasteiger partial charge in [-0.3, -0.25) is 0 Å². The molecule has 2 rings (SSSR count). The average molecular weight is 280 g/mol. The summed E-state index contributed by atoms with van der Waals surface area (Å²) >= 11 is 0. The van der Waals surface area contributed by atoms with Gasteiger partial charge in [0, 0.05) is 23.6 Å². The first-order valence-electron chi connectivity index (χ1n) is 6.65. The smallest absolute Gasteiger partial charge is 0.211 e. The second-order valence-electron chi connectivity index (χ2n) is 4.68. The third-order valence-corrected chi connectivity index (χ3v) is 4.63. The Labute approximate surface area is 114 Å². The molecule has 0 aliphatic carbocycles. The van der Waals surface area contributed by atoms with Gasteiger partial charge in [-0.25, -0.2) is 13.1 Å². The largest absolute Gasteiger partial charge is 0.361 e. The van der Waals surface area contributed by atoms with Crippen LogP contribution in [0.25, 0.3) is 10.9 Å². The third kappa shape index (κ3) is 3.81. The maximum Gasteiger partial charge on any atom is 0.211 e. The number of para-hydroxylation sites is 1. The Bertz CT molecular complexity index is 632. The maximum absolute atomic E-state index is 11.7. The first-order valence-corrected chi connectivity index (χ1v) is 8.30. The van der Waals surface area contributed by atoms with Gasteiger partial charge in [0.1, 0.15) is 0 Å². The number of sulfonamides is 1.